The van der Waals surface area contributed by atoms with Crippen molar-refractivity contribution in [2.45, 2.75) is 25.9 Å². The van der Waals surface area contributed by atoms with Gasteiger partial charge in [-0.25, -0.2) is 0 Å². The summed E-state index contributed by atoms with van der Waals surface area (Å²) >= 11 is 11.6. The van der Waals surface area contributed by atoms with Crippen LogP contribution in [0.25, 0.3) is 0 Å². The Labute approximate surface area is 87.5 Å². The van der Waals surface area contributed by atoms with Crippen molar-refractivity contribution < 1.29 is 5.11 Å². The van der Waals surface area contributed by atoms with Gasteiger partial charge in [0.05, 0.1) is 21.8 Å². The number of hydrogen-bond acceptors (Lipinski definition) is 2. The number of aromatic nitrogens is 1. The molecule has 2 atom stereocenters. The normalized spacial score (nSPS) is 15.5. The largest absolute Gasteiger partial charge is 0.393 e. The predicted molar refractivity (Wildman–Crippen MR) is 54.4 cm³/mol. The Morgan fingerprint density at radius 3 is 2.46 bits per heavy atom. The smallest absolute Gasteiger partial charge is 0.0644 e. The second-order valence-electron chi connectivity index (χ2n) is 3.05. The van der Waals surface area contributed by atoms with E-state index >= 15 is 0 Å². The molecule has 72 valence electrons. The van der Waals surface area contributed by atoms with Crippen molar-refractivity contribution in [2.24, 2.45) is 0 Å². The number of halogens is 2. The molecule has 0 saturated heterocycles. The molecule has 1 heterocycles. The molecule has 0 unspecified atom stereocenters. The predicted octanol–water partition coefficient (Wildman–Crippen LogP) is 2.87. The van der Waals surface area contributed by atoms with E-state index < -0.39 is 6.10 Å². The van der Waals surface area contributed by atoms with Gasteiger partial charge in [0.25, 0.3) is 0 Å². The minimum absolute atomic E-state index is 0.0789. The molecule has 0 aliphatic rings. The first kappa shape index (κ1) is 10.8. The molecule has 1 aromatic rings. The van der Waals surface area contributed by atoms with E-state index in [1.165, 1.54) is 6.20 Å². The Morgan fingerprint density at radius 1 is 1.38 bits per heavy atom. The fourth-order valence-corrected chi connectivity index (χ4v) is 1.54. The van der Waals surface area contributed by atoms with Crippen LogP contribution in [-0.4, -0.2) is 16.2 Å². The van der Waals surface area contributed by atoms with E-state index in [9.17, 15) is 5.11 Å². The van der Waals surface area contributed by atoms with Crippen molar-refractivity contribution in [2.75, 3.05) is 0 Å². The van der Waals surface area contributed by atoms with Crippen molar-refractivity contribution in [3.8, 4) is 0 Å². The summed E-state index contributed by atoms with van der Waals surface area (Å²) in [6, 6.07) is 1.63. The molecule has 1 rings (SSSR count). The number of pyridine rings is 1. The van der Waals surface area contributed by atoms with Gasteiger partial charge >= 0.3 is 0 Å². The van der Waals surface area contributed by atoms with E-state index in [1.54, 1.807) is 13.0 Å². The van der Waals surface area contributed by atoms with Crippen molar-refractivity contribution in [3.05, 3.63) is 28.0 Å². The third kappa shape index (κ3) is 2.56. The van der Waals surface area contributed by atoms with Gasteiger partial charge in [0.2, 0.25) is 0 Å². The summed E-state index contributed by atoms with van der Waals surface area (Å²) in [5, 5.41) is 10.3. The molecule has 1 N–H and O–H groups in total. The van der Waals surface area contributed by atoms with E-state index in [0.717, 1.165) is 0 Å². The lowest BCUT2D eigenvalue weighted by Crippen LogP contribution is -2.12. The molecule has 0 aliphatic carbocycles. The number of hydrogen-bond donors (Lipinski definition) is 1. The lowest BCUT2D eigenvalue weighted by Gasteiger charge is -2.15. The summed E-state index contributed by atoms with van der Waals surface area (Å²) in [5.74, 6) is -0.0789. The van der Waals surface area contributed by atoms with E-state index in [0.29, 0.717) is 15.7 Å². The average Bonchev–Trinajstić information content (AvgIpc) is 2.03. The SMILES string of the molecule is C[C@H](c1ncc(Cl)cc1Cl)[C@@H](C)O. The zero-order chi connectivity index (χ0) is 10.0. The van der Waals surface area contributed by atoms with E-state index in [1.807, 2.05) is 6.92 Å². The van der Waals surface area contributed by atoms with Crippen molar-refractivity contribution >= 4 is 23.2 Å². The maximum Gasteiger partial charge on any atom is 0.0644 e. The number of aliphatic hydroxyl groups is 1. The van der Waals surface area contributed by atoms with E-state index in [2.05, 4.69) is 4.98 Å². The monoisotopic (exact) mass is 219 g/mol. The minimum atomic E-state index is -0.467. The van der Waals surface area contributed by atoms with Crippen molar-refractivity contribution in [3.63, 3.8) is 0 Å². The summed E-state index contributed by atoms with van der Waals surface area (Å²) < 4.78 is 0. The van der Waals surface area contributed by atoms with Gasteiger partial charge in [0.1, 0.15) is 0 Å². The number of aliphatic hydroxyl groups excluding tert-OH is 1. The van der Waals surface area contributed by atoms with Gasteiger partial charge < -0.3 is 5.11 Å². The lowest BCUT2D eigenvalue weighted by atomic mass is 10.0. The van der Waals surface area contributed by atoms with Gasteiger partial charge in [0, 0.05) is 12.1 Å². The fraction of sp³-hybridized carbons (Fsp3) is 0.444. The molecule has 1 aromatic heterocycles. The Kier molecular flexibility index (Phi) is 3.54. The van der Waals surface area contributed by atoms with Gasteiger partial charge in [0.15, 0.2) is 0 Å². The average molecular weight is 220 g/mol. The minimum Gasteiger partial charge on any atom is -0.393 e. The van der Waals surface area contributed by atoms with Crippen molar-refractivity contribution in [1.82, 2.24) is 4.98 Å². The Balaban J connectivity index is 3.01. The van der Waals surface area contributed by atoms with Crippen LogP contribution < -0.4 is 0 Å². The summed E-state index contributed by atoms with van der Waals surface area (Å²) in [6.45, 7) is 3.57. The highest BCUT2D eigenvalue weighted by atomic mass is 35.5. The van der Waals surface area contributed by atoms with E-state index in [-0.39, 0.29) is 5.92 Å². The van der Waals surface area contributed by atoms with Crippen LogP contribution in [0, 0.1) is 0 Å². The maximum absolute atomic E-state index is 9.34. The maximum atomic E-state index is 9.34. The first-order chi connectivity index (χ1) is 6.02. The van der Waals surface area contributed by atoms with Gasteiger partial charge in [-0.2, -0.15) is 0 Å². The second-order valence-corrected chi connectivity index (χ2v) is 3.89. The van der Waals surface area contributed by atoms with Crippen LogP contribution in [0.15, 0.2) is 12.3 Å². The van der Waals surface area contributed by atoms with Gasteiger partial charge in [-0.1, -0.05) is 30.1 Å². The van der Waals surface area contributed by atoms with Crippen LogP contribution in [0.3, 0.4) is 0 Å². The molecule has 0 aromatic carbocycles. The van der Waals surface area contributed by atoms with Crippen LogP contribution in [0.1, 0.15) is 25.5 Å². The van der Waals surface area contributed by atoms with Crippen LogP contribution >= 0.6 is 23.2 Å². The van der Waals surface area contributed by atoms with Crippen LogP contribution in [-0.2, 0) is 0 Å². The topological polar surface area (TPSA) is 33.1 Å². The first-order valence-electron chi connectivity index (χ1n) is 4.01. The zero-order valence-electron chi connectivity index (χ0n) is 7.46. The van der Waals surface area contributed by atoms with Gasteiger partial charge in [-0.15, -0.1) is 0 Å². The summed E-state index contributed by atoms with van der Waals surface area (Å²) in [5.41, 5.74) is 0.682. The highest BCUT2D eigenvalue weighted by Gasteiger charge is 2.16. The molecule has 0 saturated carbocycles. The molecule has 0 aliphatic heterocycles. The molecule has 13 heavy (non-hydrogen) atoms. The Bertz CT molecular complexity index is 302. The summed E-state index contributed by atoms with van der Waals surface area (Å²) in [4.78, 5) is 4.08. The highest BCUT2D eigenvalue weighted by molar-refractivity contribution is 6.34. The Morgan fingerprint density at radius 2 is 2.00 bits per heavy atom. The molecule has 4 heteroatoms. The third-order valence-corrected chi connectivity index (χ3v) is 2.50. The molecular weight excluding hydrogens is 209 g/mol. The molecular formula is C9H11Cl2NO. The fourth-order valence-electron chi connectivity index (χ4n) is 0.989. The molecule has 0 fully saturated rings. The first-order valence-corrected chi connectivity index (χ1v) is 4.77. The van der Waals surface area contributed by atoms with Gasteiger partial charge in [-0.05, 0) is 13.0 Å². The van der Waals surface area contributed by atoms with Crippen LogP contribution in [0.4, 0.5) is 0 Å². The van der Waals surface area contributed by atoms with Gasteiger partial charge in [-0.3, -0.25) is 4.98 Å². The Hall–Kier alpha value is -0.310. The highest BCUT2D eigenvalue weighted by Crippen LogP contribution is 2.26. The van der Waals surface area contributed by atoms with Crippen LogP contribution in [0.5, 0.6) is 0 Å². The second kappa shape index (κ2) is 4.27. The summed E-state index contributed by atoms with van der Waals surface area (Å²) in [7, 11) is 0. The quantitative estimate of drug-likeness (QED) is 0.831. The molecule has 0 radical (unpaired) electrons. The third-order valence-electron chi connectivity index (χ3n) is 1.99. The molecule has 0 bridgehead atoms. The molecule has 0 amide bonds. The van der Waals surface area contributed by atoms with E-state index in [4.69, 9.17) is 23.2 Å². The molecule has 2 nitrogen and oxygen atoms in total. The number of rotatable bonds is 2. The zero-order valence-corrected chi connectivity index (χ0v) is 8.97. The standard InChI is InChI=1S/C9H11Cl2NO/c1-5(6(2)13)9-8(11)3-7(10)4-12-9/h3-6,13H,1-2H3/t5-,6+/m0/s1. The van der Waals surface area contributed by atoms with Crippen LogP contribution in [0.2, 0.25) is 10.0 Å². The summed E-state index contributed by atoms with van der Waals surface area (Å²) in [6.07, 6.45) is 1.06. The molecule has 0 spiro atoms. The lowest BCUT2D eigenvalue weighted by molar-refractivity contribution is 0.167. The van der Waals surface area contributed by atoms with Crippen molar-refractivity contribution in [1.29, 1.82) is 0 Å². The number of nitrogens with zero attached hydrogens (tertiary/aromatic N) is 1.